The van der Waals surface area contributed by atoms with Crippen LogP contribution < -0.4 is 11.1 Å². The number of oxazole rings is 1. The van der Waals surface area contributed by atoms with E-state index in [-0.39, 0.29) is 12.0 Å². The van der Waals surface area contributed by atoms with Gasteiger partial charge in [-0.25, -0.2) is 19.7 Å². The van der Waals surface area contributed by atoms with Crippen LogP contribution in [0.5, 0.6) is 0 Å². The molecule has 20 heavy (non-hydrogen) atoms. The van der Waals surface area contributed by atoms with Crippen molar-refractivity contribution < 1.29 is 13.9 Å². The van der Waals surface area contributed by atoms with Crippen LogP contribution in [-0.4, -0.2) is 26.6 Å². The maximum Gasteiger partial charge on any atom is 0.414 e. The first-order valence-corrected chi connectivity index (χ1v) is 5.87. The lowest BCUT2D eigenvalue weighted by Crippen LogP contribution is -2.27. The largest absolute Gasteiger partial charge is 0.444 e. The Kier molecular flexibility index (Phi) is 3.55. The Bertz CT molecular complexity index is 600. The van der Waals surface area contributed by atoms with Crippen LogP contribution in [0.2, 0.25) is 0 Å². The number of hydrogen-bond donors (Lipinski definition) is 2. The number of anilines is 2. The van der Waals surface area contributed by atoms with Crippen molar-refractivity contribution in [2.24, 2.45) is 0 Å². The van der Waals surface area contributed by atoms with E-state index < -0.39 is 11.7 Å². The molecule has 0 atom stereocenters. The monoisotopic (exact) mass is 277 g/mol. The van der Waals surface area contributed by atoms with Gasteiger partial charge in [-0.2, -0.15) is 0 Å². The van der Waals surface area contributed by atoms with E-state index in [1.165, 1.54) is 18.6 Å². The molecule has 2 rings (SSSR count). The summed E-state index contributed by atoms with van der Waals surface area (Å²) in [6, 6.07) is 0.0657. The van der Waals surface area contributed by atoms with Crippen LogP contribution in [0.25, 0.3) is 11.3 Å². The number of hydrogen-bond acceptors (Lipinski definition) is 7. The second-order valence-corrected chi connectivity index (χ2v) is 4.98. The zero-order valence-electron chi connectivity index (χ0n) is 11.4. The van der Waals surface area contributed by atoms with Crippen molar-refractivity contribution in [2.75, 3.05) is 11.1 Å². The molecule has 0 aliphatic heterocycles. The third-order valence-corrected chi connectivity index (χ3v) is 2.07. The Morgan fingerprint density at radius 1 is 1.25 bits per heavy atom. The lowest BCUT2D eigenvalue weighted by atomic mass is 10.2. The summed E-state index contributed by atoms with van der Waals surface area (Å²) < 4.78 is 10.2. The zero-order chi connectivity index (χ0) is 14.8. The summed E-state index contributed by atoms with van der Waals surface area (Å²) in [5, 5.41) is 2.43. The Morgan fingerprint density at radius 2 is 1.90 bits per heavy atom. The minimum absolute atomic E-state index is 0.0657. The van der Waals surface area contributed by atoms with E-state index in [4.69, 9.17) is 14.9 Å². The van der Waals surface area contributed by atoms with Gasteiger partial charge in [0.1, 0.15) is 5.60 Å². The predicted octanol–water partition coefficient (Wildman–Crippen LogP) is 2.06. The number of carbonyl (C=O) groups excluding carboxylic acids is 1. The van der Waals surface area contributed by atoms with Crippen molar-refractivity contribution in [2.45, 2.75) is 26.4 Å². The maximum absolute atomic E-state index is 11.5. The van der Waals surface area contributed by atoms with Crippen LogP contribution >= 0.6 is 0 Å². The number of carbonyl (C=O) groups is 1. The third-order valence-electron chi connectivity index (χ3n) is 2.07. The van der Waals surface area contributed by atoms with Gasteiger partial charge in [-0.15, -0.1) is 0 Å². The standard InChI is InChI=1S/C12H15N5O3/c1-12(2,3)20-11(18)17-10-15-4-7(5-16-10)8-6-14-9(13)19-8/h4-6H,1-3H3,(H2,13,14)(H,15,16,17,18). The Labute approximate surface area is 115 Å². The van der Waals surface area contributed by atoms with Gasteiger partial charge in [-0.3, -0.25) is 5.32 Å². The number of rotatable bonds is 2. The van der Waals surface area contributed by atoms with Gasteiger partial charge in [-0.1, -0.05) is 0 Å². The summed E-state index contributed by atoms with van der Waals surface area (Å²) in [4.78, 5) is 23.3. The zero-order valence-corrected chi connectivity index (χ0v) is 11.4. The number of nitrogen functional groups attached to an aromatic ring is 1. The van der Waals surface area contributed by atoms with Crippen LogP contribution in [0.3, 0.4) is 0 Å². The SMILES string of the molecule is CC(C)(C)OC(=O)Nc1ncc(-c2cnc(N)o2)cn1. The Hall–Kier alpha value is -2.64. The molecule has 0 saturated heterocycles. The van der Waals surface area contributed by atoms with E-state index in [0.29, 0.717) is 11.3 Å². The summed E-state index contributed by atoms with van der Waals surface area (Å²) in [7, 11) is 0. The fourth-order valence-electron chi connectivity index (χ4n) is 1.34. The molecule has 8 nitrogen and oxygen atoms in total. The first-order valence-electron chi connectivity index (χ1n) is 5.87. The predicted molar refractivity (Wildman–Crippen MR) is 71.8 cm³/mol. The third kappa shape index (κ3) is 3.67. The van der Waals surface area contributed by atoms with Crippen LogP contribution in [0.1, 0.15) is 20.8 Å². The van der Waals surface area contributed by atoms with Crippen molar-refractivity contribution >= 4 is 18.1 Å². The molecule has 2 aromatic heterocycles. The highest BCUT2D eigenvalue weighted by atomic mass is 16.6. The maximum atomic E-state index is 11.5. The first-order chi connectivity index (χ1) is 9.33. The van der Waals surface area contributed by atoms with Crippen LogP contribution in [0, 0.1) is 0 Å². The molecule has 0 spiro atoms. The highest BCUT2D eigenvalue weighted by Gasteiger charge is 2.17. The van der Waals surface area contributed by atoms with E-state index in [9.17, 15) is 4.79 Å². The fourth-order valence-corrected chi connectivity index (χ4v) is 1.34. The summed E-state index contributed by atoms with van der Waals surface area (Å²) in [6.45, 7) is 5.31. The lowest BCUT2D eigenvalue weighted by molar-refractivity contribution is 0.0634. The second-order valence-electron chi connectivity index (χ2n) is 4.98. The minimum atomic E-state index is -0.617. The molecule has 2 heterocycles. The molecule has 1 amide bonds. The molecular formula is C12H15N5O3. The number of amides is 1. The number of nitrogens with zero attached hydrogens (tertiary/aromatic N) is 3. The van der Waals surface area contributed by atoms with Crippen molar-refractivity contribution in [1.29, 1.82) is 0 Å². The number of nitrogens with two attached hydrogens (primary N) is 1. The van der Waals surface area contributed by atoms with Crippen molar-refractivity contribution in [3.63, 3.8) is 0 Å². The van der Waals surface area contributed by atoms with Gasteiger partial charge in [0.15, 0.2) is 5.76 Å². The molecule has 0 aliphatic carbocycles. The van der Waals surface area contributed by atoms with E-state index >= 15 is 0 Å². The lowest BCUT2D eigenvalue weighted by Gasteiger charge is -2.19. The van der Waals surface area contributed by atoms with Gasteiger partial charge in [0.05, 0.1) is 11.8 Å². The molecule has 0 aliphatic rings. The van der Waals surface area contributed by atoms with Gasteiger partial charge < -0.3 is 14.9 Å². The highest BCUT2D eigenvalue weighted by Crippen LogP contribution is 2.20. The van der Waals surface area contributed by atoms with Gasteiger partial charge in [0.2, 0.25) is 5.95 Å². The summed E-state index contributed by atoms with van der Waals surface area (Å²) in [5.41, 5.74) is 5.40. The molecular weight excluding hydrogens is 262 g/mol. The molecule has 0 aromatic carbocycles. The number of nitrogens with one attached hydrogen (secondary N) is 1. The van der Waals surface area contributed by atoms with Crippen molar-refractivity contribution in [1.82, 2.24) is 15.0 Å². The quantitative estimate of drug-likeness (QED) is 0.862. The number of ether oxygens (including phenoxy) is 1. The molecule has 0 unspecified atom stereocenters. The van der Waals surface area contributed by atoms with E-state index in [1.54, 1.807) is 20.8 Å². The molecule has 0 fully saturated rings. The van der Waals surface area contributed by atoms with E-state index in [2.05, 4.69) is 20.3 Å². The Morgan fingerprint density at radius 3 is 2.40 bits per heavy atom. The molecule has 0 radical (unpaired) electrons. The molecule has 106 valence electrons. The first kappa shape index (κ1) is 13.8. The average Bonchev–Trinajstić information content (AvgIpc) is 2.74. The normalized spacial score (nSPS) is 11.2. The van der Waals surface area contributed by atoms with Crippen molar-refractivity contribution in [3.05, 3.63) is 18.6 Å². The van der Waals surface area contributed by atoms with Crippen LogP contribution in [0.4, 0.5) is 16.8 Å². The smallest absolute Gasteiger partial charge is 0.414 e. The van der Waals surface area contributed by atoms with Crippen LogP contribution in [0.15, 0.2) is 23.0 Å². The van der Waals surface area contributed by atoms with Gasteiger partial charge in [0.25, 0.3) is 6.01 Å². The van der Waals surface area contributed by atoms with E-state index in [0.717, 1.165) is 0 Å². The molecule has 8 heteroatoms. The molecule has 0 bridgehead atoms. The van der Waals surface area contributed by atoms with E-state index in [1.807, 2.05) is 0 Å². The van der Waals surface area contributed by atoms with Crippen molar-refractivity contribution in [3.8, 4) is 11.3 Å². The number of aromatic nitrogens is 3. The second kappa shape index (κ2) is 5.16. The summed E-state index contributed by atoms with van der Waals surface area (Å²) >= 11 is 0. The molecule has 2 aromatic rings. The highest BCUT2D eigenvalue weighted by molar-refractivity contribution is 5.82. The summed E-state index contributed by atoms with van der Waals surface area (Å²) in [6.07, 6.45) is 3.82. The topological polar surface area (TPSA) is 116 Å². The average molecular weight is 277 g/mol. The molecule has 3 N–H and O–H groups in total. The minimum Gasteiger partial charge on any atom is -0.444 e. The molecule has 0 saturated carbocycles. The van der Waals surface area contributed by atoms with Gasteiger partial charge in [0, 0.05) is 12.4 Å². The fraction of sp³-hybridized carbons (Fsp3) is 0.333. The Balaban J connectivity index is 2.03. The van der Waals surface area contributed by atoms with Crippen LogP contribution in [-0.2, 0) is 4.74 Å². The van der Waals surface area contributed by atoms with Gasteiger partial charge >= 0.3 is 6.09 Å². The summed E-state index contributed by atoms with van der Waals surface area (Å²) in [5.74, 6) is 0.585. The van der Waals surface area contributed by atoms with Gasteiger partial charge in [-0.05, 0) is 20.8 Å².